The maximum Gasteiger partial charge on any atom is 0.236 e. The van der Waals surface area contributed by atoms with E-state index in [1.807, 2.05) is 20.8 Å². The Balaban J connectivity index is 3.81. The third-order valence-corrected chi connectivity index (χ3v) is 1.07. The molecule has 10 heavy (non-hydrogen) atoms. The van der Waals surface area contributed by atoms with Crippen molar-refractivity contribution in [2.24, 2.45) is 11.3 Å². The van der Waals surface area contributed by atoms with Crippen molar-refractivity contribution in [1.29, 1.82) is 0 Å². The van der Waals surface area contributed by atoms with Gasteiger partial charge in [0.25, 0.3) is 0 Å². The fourth-order valence-electron chi connectivity index (χ4n) is 0.578. The minimum absolute atomic E-state index is 0.0208. The Morgan fingerprint density at radius 2 is 1.90 bits per heavy atom. The average molecular weight is 144 g/mol. The number of nitrogens with two attached hydrogens (primary N) is 1. The molecule has 0 fully saturated rings. The van der Waals surface area contributed by atoms with E-state index in [2.05, 4.69) is 0 Å². The average Bonchev–Trinajstić information content (AvgIpc) is 1.60. The van der Waals surface area contributed by atoms with Gasteiger partial charge < -0.3 is 0 Å². The van der Waals surface area contributed by atoms with E-state index in [0.717, 1.165) is 5.01 Å². The Morgan fingerprint density at radius 1 is 1.50 bits per heavy atom. The first-order chi connectivity index (χ1) is 4.33. The van der Waals surface area contributed by atoms with Gasteiger partial charge >= 0.3 is 0 Å². The number of rotatable bonds is 1. The van der Waals surface area contributed by atoms with Gasteiger partial charge in [0, 0.05) is 13.5 Å². The Bertz CT molecular complexity index is 124. The molecular formula is C7H16N2O. The predicted octanol–water partition coefficient (Wildman–Crippen LogP) is 0.755. The first-order valence-electron chi connectivity index (χ1n) is 3.34. The van der Waals surface area contributed by atoms with Crippen LogP contribution in [0.25, 0.3) is 0 Å². The van der Waals surface area contributed by atoms with Crippen LogP contribution < -0.4 is 5.84 Å². The molecule has 3 nitrogen and oxygen atoms in total. The SMILES string of the molecule is CN(N)C(=O)CC(C)(C)C. The van der Waals surface area contributed by atoms with Gasteiger partial charge in [0.2, 0.25) is 5.91 Å². The van der Waals surface area contributed by atoms with Crippen molar-refractivity contribution in [3.05, 3.63) is 0 Å². The number of hydrazine groups is 1. The third kappa shape index (κ3) is 4.32. The van der Waals surface area contributed by atoms with Gasteiger partial charge in [-0.05, 0) is 5.41 Å². The van der Waals surface area contributed by atoms with Gasteiger partial charge in [0.05, 0.1) is 0 Å². The zero-order valence-corrected chi connectivity index (χ0v) is 7.14. The highest BCUT2D eigenvalue weighted by Crippen LogP contribution is 2.18. The summed E-state index contributed by atoms with van der Waals surface area (Å²) < 4.78 is 0. The lowest BCUT2D eigenvalue weighted by molar-refractivity contribution is -0.132. The Hall–Kier alpha value is -0.570. The fraction of sp³-hybridized carbons (Fsp3) is 0.857. The first kappa shape index (κ1) is 9.43. The topological polar surface area (TPSA) is 46.3 Å². The van der Waals surface area contributed by atoms with Crippen LogP contribution in [0.15, 0.2) is 0 Å². The highest BCUT2D eigenvalue weighted by molar-refractivity contribution is 5.75. The van der Waals surface area contributed by atoms with Crippen molar-refractivity contribution in [2.75, 3.05) is 7.05 Å². The smallest absolute Gasteiger partial charge is 0.236 e. The van der Waals surface area contributed by atoms with Crippen LogP contribution in [-0.2, 0) is 4.79 Å². The summed E-state index contributed by atoms with van der Waals surface area (Å²) in [7, 11) is 1.56. The van der Waals surface area contributed by atoms with Crippen LogP contribution in [-0.4, -0.2) is 18.0 Å². The van der Waals surface area contributed by atoms with Crippen molar-refractivity contribution in [1.82, 2.24) is 5.01 Å². The molecule has 0 aromatic rings. The fourth-order valence-corrected chi connectivity index (χ4v) is 0.578. The van der Waals surface area contributed by atoms with E-state index in [1.54, 1.807) is 7.05 Å². The summed E-state index contributed by atoms with van der Waals surface area (Å²) in [5.74, 6) is 5.21. The molecule has 0 saturated carbocycles. The van der Waals surface area contributed by atoms with E-state index in [-0.39, 0.29) is 11.3 Å². The molecule has 0 saturated heterocycles. The highest BCUT2D eigenvalue weighted by atomic mass is 16.2. The Kier molecular flexibility index (Phi) is 2.84. The summed E-state index contributed by atoms with van der Waals surface area (Å²) >= 11 is 0. The molecule has 0 heterocycles. The Labute approximate surface area is 62.2 Å². The molecule has 2 N–H and O–H groups in total. The van der Waals surface area contributed by atoms with Crippen LogP contribution in [0, 0.1) is 5.41 Å². The molecule has 0 aliphatic heterocycles. The molecule has 0 bridgehead atoms. The van der Waals surface area contributed by atoms with Crippen LogP contribution in [0.1, 0.15) is 27.2 Å². The minimum Gasteiger partial charge on any atom is -0.284 e. The van der Waals surface area contributed by atoms with Gasteiger partial charge in [-0.3, -0.25) is 9.80 Å². The summed E-state index contributed by atoms with van der Waals surface area (Å²) in [6, 6.07) is 0. The first-order valence-corrected chi connectivity index (χ1v) is 3.34. The van der Waals surface area contributed by atoms with Crippen molar-refractivity contribution in [3.8, 4) is 0 Å². The van der Waals surface area contributed by atoms with Crippen LogP contribution in [0.5, 0.6) is 0 Å². The van der Waals surface area contributed by atoms with Gasteiger partial charge in [-0.1, -0.05) is 20.8 Å². The summed E-state index contributed by atoms with van der Waals surface area (Å²) in [4.78, 5) is 11.0. The number of nitrogens with zero attached hydrogens (tertiary/aromatic N) is 1. The van der Waals surface area contributed by atoms with E-state index in [0.29, 0.717) is 6.42 Å². The molecule has 0 aromatic heterocycles. The third-order valence-electron chi connectivity index (χ3n) is 1.07. The van der Waals surface area contributed by atoms with Crippen molar-refractivity contribution >= 4 is 5.91 Å². The molecule has 0 atom stereocenters. The molecule has 0 aliphatic rings. The van der Waals surface area contributed by atoms with E-state index in [9.17, 15) is 4.79 Å². The lowest BCUT2D eigenvalue weighted by Gasteiger charge is -2.19. The second-order valence-corrected chi connectivity index (χ2v) is 3.74. The number of hydrogen-bond acceptors (Lipinski definition) is 2. The molecule has 0 aliphatic carbocycles. The number of hydrogen-bond donors (Lipinski definition) is 1. The summed E-state index contributed by atoms with van der Waals surface area (Å²) in [5, 5.41) is 1.13. The minimum atomic E-state index is -0.0208. The molecule has 0 rings (SSSR count). The molecular weight excluding hydrogens is 128 g/mol. The molecule has 1 amide bonds. The van der Waals surface area contributed by atoms with Gasteiger partial charge in [-0.15, -0.1) is 0 Å². The van der Waals surface area contributed by atoms with Crippen LogP contribution in [0.2, 0.25) is 0 Å². The largest absolute Gasteiger partial charge is 0.284 e. The molecule has 3 heteroatoms. The lowest BCUT2D eigenvalue weighted by Crippen LogP contribution is -2.35. The van der Waals surface area contributed by atoms with Gasteiger partial charge in [0.1, 0.15) is 0 Å². The van der Waals surface area contributed by atoms with E-state index < -0.39 is 0 Å². The monoisotopic (exact) mass is 144 g/mol. The Morgan fingerprint density at radius 3 is 2.00 bits per heavy atom. The van der Waals surface area contributed by atoms with Crippen molar-refractivity contribution < 1.29 is 4.79 Å². The standard InChI is InChI=1S/C7H16N2O/c1-7(2,3)5-6(10)9(4)8/h5,8H2,1-4H3. The summed E-state index contributed by atoms with van der Waals surface area (Å²) in [5.41, 5.74) is 0.0325. The summed E-state index contributed by atoms with van der Waals surface area (Å²) in [6.45, 7) is 6.02. The zero-order chi connectivity index (χ0) is 8.36. The number of carbonyl (C=O) groups excluding carboxylic acids is 1. The van der Waals surface area contributed by atoms with Gasteiger partial charge in [-0.2, -0.15) is 0 Å². The van der Waals surface area contributed by atoms with E-state index >= 15 is 0 Å². The second kappa shape index (κ2) is 3.01. The highest BCUT2D eigenvalue weighted by Gasteiger charge is 2.16. The van der Waals surface area contributed by atoms with Crippen molar-refractivity contribution in [3.63, 3.8) is 0 Å². The quantitative estimate of drug-likeness (QED) is 0.335. The molecule has 0 spiro atoms. The zero-order valence-electron chi connectivity index (χ0n) is 7.14. The van der Waals surface area contributed by atoms with Gasteiger partial charge in [0.15, 0.2) is 0 Å². The van der Waals surface area contributed by atoms with Crippen molar-refractivity contribution in [2.45, 2.75) is 27.2 Å². The number of carbonyl (C=O) groups is 1. The van der Waals surface area contributed by atoms with Gasteiger partial charge in [-0.25, -0.2) is 5.84 Å². The number of amides is 1. The molecule has 60 valence electrons. The maximum atomic E-state index is 11.0. The maximum absolute atomic E-state index is 11.0. The predicted molar refractivity (Wildman–Crippen MR) is 41.0 cm³/mol. The molecule has 0 radical (unpaired) electrons. The van der Waals surface area contributed by atoms with Crippen LogP contribution >= 0.6 is 0 Å². The van der Waals surface area contributed by atoms with E-state index in [4.69, 9.17) is 5.84 Å². The van der Waals surface area contributed by atoms with E-state index in [1.165, 1.54) is 0 Å². The molecule has 0 aromatic carbocycles. The second-order valence-electron chi connectivity index (χ2n) is 3.74. The van der Waals surface area contributed by atoms with Crippen LogP contribution in [0.3, 0.4) is 0 Å². The summed E-state index contributed by atoms with van der Waals surface area (Å²) in [6.07, 6.45) is 0.500. The van der Waals surface area contributed by atoms with Crippen LogP contribution in [0.4, 0.5) is 0 Å². The lowest BCUT2D eigenvalue weighted by atomic mass is 9.92. The normalized spacial score (nSPS) is 11.3. The molecule has 0 unspecified atom stereocenters.